The Morgan fingerprint density at radius 3 is 2.85 bits per heavy atom. The molecule has 0 spiro atoms. The lowest BCUT2D eigenvalue weighted by Gasteiger charge is -2.18. The average Bonchev–Trinajstić information content (AvgIpc) is 2.36. The first-order valence-corrected chi connectivity index (χ1v) is 6.66. The van der Waals surface area contributed by atoms with Crippen LogP contribution in [0.1, 0.15) is 37.6 Å². The third-order valence-corrected chi connectivity index (χ3v) is 3.02. The topological polar surface area (TPSA) is 80.9 Å². The predicted molar refractivity (Wildman–Crippen MR) is 80.4 cm³/mol. The molecule has 0 fully saturated rings. The molecule has 2 aromatic rings. The van der Waals surface area contributed by atoms with Crippen LogP contribution in [0.5, 0.6) is 0 Å². The highest BCUT2D eigenvalue weighted by atomic mass is 16.1. The van der Waals surface area contributed by atoms with Gasteiger partial charge in [-0.05, 0) is 30.0 Å². The summed E-state index contributed by atoms with van der Waals surface area (Å²) in [5.41, 5.74) is 6.97. The normalized spacial score (nSPS) is 11.6. The summed E-state index contributed by atoms with van der Waals surface area (Å²) in [6.07, 6.45) is 2.55. The summed E-state index contributed by atoms with van der Waals surface area (Å²) in [5, 5.41) is 3.69. The molecule has 0 atom stereocenters. The number of aromatic nitrogens is 2. The van der Waals surface area contributed by atoms with E-state index in [1.807, 2.05) is 12.1 Å². The fourth-order valence-corrected chi connectivity index (χ4v) is 1.85. The van der Waals surface area contributed by atoms with Crippen LogP contribution in [0.4, 0.5) is 5.82 Å². The van der Waals surface area contributed by atoms with Crippen molar-refractivity contribution in [3.8, 4) is 0 Å². The number of carbonyl (C=O) groups is 1. The maximum absolute atomic E-state index is 12.1. The lowest BCUT2D eigenvalue weighted by atomic mass is 9.92. The number of rotatable bonds is 3. The van der Waals surface area contributed by atoms with E-state index in [0.717, 1.165) is 11.8 Å². The lowest BCUT2D eigenvalue weighted by Crippen LogP contribution is -2.28. The number of anilines is 1. The maximum atomic E-state index is 12.1. The molecule has 0 radical (unpaired) electrons. The van der Waals surface area contributed by atoms with Gasteiger partial charge in [0.05, 0.1) is 5.56 Å². The molecule has 0 aromatic carbocycles. The molecule has 2 heterocycles. The number of nitrogens with zero attached hydrogens (tertiary/aromatic N) is 2. The Balaban J connectivity index is 2.15. The highest BCUT2D eigenvalue weighted by molar-refractivity contribution is 6.01. The van der Waals surface area contributed by atoms with E-state index in [4.69, 9.17) is 5.73 Å². The molecule has 0 aliphatic carbocycles. The van der Waals surface area contributed by atoms with Crippen molar-refractivity contribution in [2.45, 2.75) is 27.2 Å². The number of nitrogens with two attached hydrogens (primary N) is 1. The van der Waals surface area contributed by atoms with E-state index in [1.54, 1.807) is 12.3 Å². The first-order valence-electron chi connectivity index (χ1n) is 6.66. The molecule has 1 amide bonds. The van der Waals surface area contributed by atoms with Crippen molar-refractivity contribution in [2.75, 3.05) is 12.3 Å². The zero-order valence-electron chi connectivity index (χ0n) is 12.1. The van der Waals surface area contributed by atoms with Crippen molar-refractivity contribution in [2.24, 2.45) is 5.41 Å². The summed E-state index contributed by atoms with van der Waals surface area (Å²) in [6, 6.07) is 5.40. The minimum absolute atomic E-state index is 0.185. The number of hydrogen-bond donors (Lipinski definition) is 2. The van der Waals surface area contributed by atoms with E-state index in [2.05, 4.69) is 36.1 Å². The highest BCUT2D eigenvalue weighted by Gasteiger charge is 2.14. The number of pyridine rings is 2. The van der Waals surface area contributed by atoms with Gasteiger partial charge in [0, 0.05) is 18.1 Å². The molecule has 0 saturated carbocycles. The Bertz CT molecular complexity index is 631. The highest BCUT2D eigenvalue weighted by Crippen LogP contribution is 2.18. The first kappa shape index (κ1) is 14.2. The van der Waals surface area contributed by atoms with Gasteiger partial charge in [0.15, 0.2) is 5.65 Å². The van der Waals surface area contributed by atoms with Crippen molar-refractivity contribution in [1.82, 2.24) is 15.3 Å². The molecule has 2 rings (SSSR count). The van der Waals surface area contributed by atoms with Crippen LogP contribution in [0.3, 0.4) is 0 Å². The minimum Gasteiger partial charge on any atom is -0.383 e. The third kappa shape index (κ3) is 3.44. The summed E-state index contributed by atoms with van der Waals surface area (Å²) in [5.74, 6) is 0.0226. The molecule has 5 nitrogen and oxygen atoms in total. The van der Waals surface area contributed by atoms with Crippen molar-refractivity contribution in [1.29, 1.82) is 0 Å². The van der Waals surface area contributed by atoms with E-state index in [1.165, 1.54) is 0 Å². The van der Waals surface area contributed by atoms with E-state index >= 15 is 0 Å². The van der Waals surface area contributed by atoms with Crippen molar-refractivity contribution < 1.29 is 4.79 Å². The Labute approximate surface area is 118 Å². The molecule has 0 bridgehead atoms. The Morgan fingerprint density at radius 2 is 2.15 bits per heavy atom. The molecule has 0 aliphatic heterocycles. The van der Waals surface area contributed by atoms with Gasteiger partial charge in [0.1, 0.15) is 5.82 Å². The van der Waals surface area contributed by atoms with Crippen LogP contribution >= 0.6 is 0 Å². The number of nitrogen functional groups attached to an aromatic ring is 1. The van der Waals surface area contributed by atoms with E-state index in [9.17, 15) is 4.79 Å². The van der Waals surface area contributed by atoms with Crippen LogP contribution < -0.4 is 11.1 Å². The number of carbonyl (C=O) groups excluding carboxylic acids is 1. The van der Waals surface area contributed by atoms with E-state index in [-0.39, 0.29) is 17.1 Å². The second-order valence-electron chi connectivity index (χ2n) is 6.04. The summed E-state index contributed by atoms with van der Waals surface area (Å²) >= 11 is 0. The molecule has 106 valence electrons. The average molecular weight is 272 g/mol. The van der Waals surface area contributed by atoms with Gasteiger partial charge in [0.25, 0.3) is 5.91 Å². The van der Waals surface area contributed by atoms with Gasteiger partial charge in [-0.15, -0.1) is 0 Å². The van der Waals surface area contributed by atoms with Gasteiger partial charge in [-0.2, -0.15) is 0 Å². The fourth-order valence-electron chi connectivity index (χ4n) is 1.85. The smallest absolute Gasteiger partial charge is 0.255 e. The van der Waals surface area contributed by atoms with Gasteiger partial charge >= 0.3 is 0 Å². The number of nitrogens with one attached hydrogen (secondary N) is 1. The minimum atomic E-state index is -0.190. The Hall–Kier alpha value is -2.17. The molecular weight excluding hydrogens is 252 g/mol. The van der Waals surface area contributed by atoms with Crippen molar-refractivity contribution in [3.05, 3.63) is 30.0 Å². The molecule has 2 aromatic heterocycles. The predicted octanol–water partition coefficient (Wildman–Crippen LogP) is 2.38. The summed E-state index contributed by atoms with van der Waals surface area (Å²) in [4.78, 5) is 20.4. The van der Waals surface area contributed by atoms with Crippen LogP contribution in [0.2, 0.25) is 0 Å². The molecule has 20 heavy (non-hydrogen) atoms. The zero-order chi connectivity index (χ0) is 14.8. The Morgan fingerprint density at radius 1 is 1.40 bits per heavy atom. The van der Waals surface area contributed by atoms with Gasteiger partial charge < -0.3 is 11.1 Å². The quantitative estimate of drug-likeness (QED) is 0.899. The molecule has 5 heteroatoms. The van der Waals surface area contributed by atoms with Crippen LogP contribution in [-0.2, 0) is 0 Å². The van der Waals surface area contributed by atoms with Gasteiger partial charge in [-0.25, -0.2) is 9.97 Å². The molecule has 0 saturated heterocycles. The van der Waals surface area contributed by atoms with Crippen LogP contribution in [0, 0.1) is 5.41 Å². The first-order chi connectivity index (χ1) is 9.37. The largest absolute Gasteiger partial charge is 0.383 e. The van der Waals surface area contributed by atoms with Crippen molar-refractivity contribution in [3.63, 3.8) is 0 Å². The number of fused-ring (bicyclic) bond motifs is 1. The van der Waals surface area contributed by atoms with Gasteiger partial charge in [-0.3, -0.25) is 4.79 Å². The second-order valence-corrected chi connectivity index (χ2v) is 6.04. The number of amides is 1. The lowest BCUT2D eigenvalue weighted by molar-refractivity contribution is 0.0950. The van der Waals surface area contributed by atoms with Gasteiger partial charge in [0.2, 0.25) is 0 Å². The van der Waals surface area contributed by atoms with Crippen LogP contribution in [-0.4, -0.2) is 22.4 Å². The Kier molecular flexibility index (Phi) is 3.88. The van der Waals surface area contributed by atoms with Gasteiger partial charge in [-0.1, -0.05) is 20.8 Å². The summed E-state index contributed by atoms with van der Waals surface area (Å²) in [7, 11) is 0. The van der Waals surface area contributed by atoms with E-state index in [0.29, 0.717) is 17.8 Å². The van der Waals surface area contributed by atoms with Crippen LogP contribution in [0.25, 0.3) is 11.0 Å². The summed E-state index contributed by atoms with van der Waals surface area (Å²) < 4.78 is 0. The SMILES string of the molecule is CC(C)(C)CCNC(=O)c1cc2cccnc2nc1N. The molecule has 3 N–H and O–H groups in total. The summed E-state index contributed by atoms with van der Waals surface area (Å²) in [6.45, 7) is 7.02. The fraction of sp³-hybridized carbons (Fsp3) is 0.400. The monoisotopic (exact) mass is 272 g/mol. The molecule has 0 unspecified atom stereocenters. The second kappa shape index (κ2) is 5.45. The maximum Gasteiger partial charge on any atom is 0.255 e. The third-order valence-electron chi connectivity index (χ3n) is 3.02. The number of hydrogen-bond acceptors (Lipinski definition) is 4. The van der Waals surface area contributed by atoms with Crippen molar-refractivity contribution >= 4 is 22.8 Å². The molecule has 0 aliphatic rings. The molecular formula is C15H20N4O. The standard InChI is InChI=1S/C15H20N4O/c1-15(2,3)6-8-18-14(20)11-9-10-5-4-7-17-13(10)19-12(11)16/h4-5,7,9H,6,8H2,1-3H3,(H,18,20)(H2,16,17,19). The van der Waals surface area contributed by atoms with E-state index < -0.39 is 0 Å². The van der Waals surface area contributed by atoms with Crippen LogP contribution in [0.15, 0.2) is 24.4 Å². The zero-order valence-corrected chi connectivity index (χ0v) is 12.1.